The van der Waals surface area contributed by atoms with E-state index in [1.165, 1.54) is 7.11 Å². The van der Waals surface area contributed by atoms with E-state index in [0.717, 1.165) is 25.2 Å². The van der Waals surface area contributed by atoms with Crippen molar-refractivity contribution in [2.24, 2.45) is 7.05 Å². The summed E-state index contributed by atoms with van der Waals surface area (Å²) in [6.45, 7) is 4.02. The maximum atomic E-state index is 11.2. The van der Waals surface area contributed by atoms with Crippen LogP contribution in [0, 0.1) is 0 Å². The first kappa shape index (κ1) is 12.7. The molecule has 0 aliphatic carbocycles. The van der Waals surface area contributed by atoms with Crippen LogP contribution in [0.4, 0.5) is 0 Å². The molecule has 1 heterocycles. The number of esters is 1. The Kier molecular flexibility index (Phi) is 4.98. The quantitative estimate of drug-likeness (QED) is 0.672. The van der Waals surface area contributed by atoms with E-state index in [0.29, 0.717) is 6.54 Å². The number of aromatic nitrogens is 2. The minimum atomic E-state index is -0.199. The maximum Gasteiger partial charge on any atom is 0.319 e. The molecule has 0 saturated heterocycles. The van der Waals surface area contributed by atoms with Gasteiger partial charge in [-0.3, -0.25) is 9.69 Å². The highest BCUT2D eigenvalue weighted by Crippen LogP contribution is 2.04. The molecule has 1 rings (SSSR count). The highest BCUT2D eigenvalue weighted by Gasteiger charge is 2.12. The van der Waals surface area contributed by atoms with Gasteiger partial charge in [0.05, 0.1) is 25.7 Å². The molecule has 0 N–H and O–H groups in total. The molecule has 0 aliphatic rings. The van der Waals surface area contributed by atoms with Gasteiger partial charge in [0.2, 0.25) is 0 Å². The Balaban J connectivity index is 2.57. The summed E-state index contributed by atoms with van der Waals surface area (Å²) < 4.78 is 6.63. The van der Waals surface area contributed by atoms with Gasteiger partial charge in [0.25, 0.3) is 0 Å². The molecule has 5 nitrogen and oxygen atoms in total. The number of hydrogen-bond acceptors (Lipinski definition) is 4. The lowest BCUT2D eigenvalue weighted by atomic mass is 10.3. The molecular weight excluding hydrogens is 206 g/mol. The van der Waals surface area contributed by atoms with Crippen LogP contribution < -0.4 is 0 Å². The standard InChI is InChI=1S/C11H19N3O2/c1-4-5-14(8-11(15)16-3)7-10-6-12-9-13(10)2/h6,9H,4-5,7-8H2,1-3H3. The van der Waals surface area contributed by atoms with Gasteiger partial charge in [0, 0.05) is 19.8 Å². The van der Waals surface area contributed by atoms with Gasteiger partial charge >= 0.3 is 5.97 Å². The zero-order valence-corrected chi connectivity index (χ0v) is 10.1. The summed E-state index contributed by atoms with van der Waals surface area (Å²) in [5.74, 6) is -0.199. The molecule has 0 unspecified atom stereocenters. The van der Waals surface area contributed by atoms with E-state index in [1.54, 1.807) is 6.33 Å². The molecule has 1 aromatic rings. The van der Waals surface area contributed by atoms with Crippen LogP contribution in [-0.2, 0) is 23.1 Å². The number of nitrogens with zero attached hydrogens (tertiary/aromatic N) is 3. The summed E-state index contributed by atoms with van der Waals surface area (Å²) in [5.41, 5.74) is 1.09. The lowest BCUT2D eigenvalue weighted by molar-refractivity contribution is -0.142. The third kappa shape index (κ3) is 3.66. The summed E-state index contributed by atoms with van der Waals surface area (Å²) in [6, 6.07) is 0. The molecule has 0 fully saturated rings. The topological polar surface area (TPSA) is 47.4 Å². The zero-order chi connectivity index (χ0) is 12.0. The molecule has 0 spiro atoms. The van der Waals surface area contributed by atoms with Crippen LogP contribution >= 0.6 is 0 Å². The SMILES string of the molecule is CCCN(CC(=O)OC)Cc1cncn1C. The Bertz CT molecular complexity index is 336. The van der Waals surface area contributed by atoms with Gasteiger partial charge in [0.15, 0.2) is 0 Å². The summed E-state index contributed by atoms with van der Waals surface area (Å²) in [5, 5.41) is 0. The van der Waals surface area contributed by atoms with Crippen LogP contribution in [0.2, 0.25) is 0 Å². The maximum absolute atomic E-state index is 11.2. The van der Waals surface area contributed by atoms with Crippen molar-refractivity contribution in [1.82, 2.24) is 14.5 Å². The number of methoxy groups -OCH3 is 1. The van der Waals surface area contributed by atoms with Gasteiger partial charge in [0.1, 0.15) is 0 Å². The molecule has 0 atom stereocenters. The Morgan fingerprint density at radius 2 is 2.38 bits per heavy atom. The first-order valence-electron chi connectivity index (χ1n) is 5.41. The Morgan fingerprint density at radius 1 is 1.62 bits per heavy atom. The monoisotopic (exact) mass is 225 g/mol. The molecule has 0 aromatic carbocycles. The van der Waals surface area contributed by atoms with Crippen LogP contribution in [0.3, 0.4) is 0 Å². The fraction of sp³-hybridized carbons (Fsp3) is 0.636. The van der Waals surface area contributed by atoms with Gasteiger partial charge < -0.3 is 9.30 Å². The second-order valence-corrected chi connectivity index (χ2v) is 3.78. The normalized spacial score (nSPS) is 10.8. The van der Waals surface area contributed by atoms with Gasteiger partial charge in [-0.15, -0.1) is 0 Å². The van der Waals surface area contributed by atoms with Crippen molar-refractivity contribution in [2.45, 2.75) is 19.9 Å². The van der Waals surface area contributed by atoms with Crippen LogP contribution in [0.15, 0.2) is 12.5 Å². The Labute approximate surface area is 96.0 Å². The molecule has 16 heavy (non-hydrogen) atoms. The highest BCUT2D eigenvalue weighted by molar-refractivity contribution is 5.71. The van der Waals surface area contributed by atoms with E-state index in [-0.39, 0.29) is 5.97 Å². The predicted molar refractivity (Wildman–Crippen MR) is 60.8 cm³/mol. The fourth-order valence-electron chi connectivity index (χ4n) is 1.54. The van der Waals surface area contributed by atoms with Crippen LogP contribution in [0.1, 0.15) is 19.0 Å². The van der Waals surface area contributed by atoms with E-state index in [9.17, 15) is 4.79 Å². The van der Waals surface area contributed by atoms with E-state index in [4.69, 9.17) is 0 Å². The number of carbonyl (C=O) groups is 1. The minimum Gasteiger partial charge on any atom is -0.468 e. The van der Waals surface area contributed by atoms with E-state index < -0.39 is 0 Å². The van der Waals surface area contributed by atoms with Crippen molar-refractivity contribution in [3.05, 3.63) is 18.2 Å². The first-order valence-corrected chi connectivity index (χ1v) is 5.41. The second kappa shape index (κ2) is 6.27. The number of imidazole rings is 1. The number of carbonyl (C=O) groups excluding carboxylic acids is 1. The van der Waals surface area contributed by atoms with Crippen molar-refractivity contribution in [3.8, 4) is 0 Å². The van der Waals surface area contributed by atoms with Crippen molar-refractivity contribution < 1.29 is 9.53 Å². The van der Waals surface area contributed by atoms with Crippen molar-refractivity contribution >= 4 is 5.97 Å². The summed E-state index contributed by atoms with van der Waals surface area (Å²) in [7, 11) is 3.36. The molecular formula is C11H19N3O2. The minimum absolute atomic E-state index is 0.199. The lowest BCUT2D eigenvalue weighted by Crippen LogP contribution is -2.31. The van der Waals surface area contributed by atoms with Gasteiger partial charge in [-0.2, -0.15) is 0 Å². The summed E-state index contributed by atoms with van der Waals surface area (Å²) in [4.78, 5) is 17.3. The summed E-state index contributed by atoms with van der Waals surface area (Å²) in [6.07, 6.45) is 4.59. The molecule has 0 aliphatic heterocycles. The average molecular weight is 225 g/mol. The Morgan fingerprint density at radius 3 is 2.88 bits per heavy atom. The van der Waals surface area contributed by atoms with Crippen molar-refractivity contribution in [1.29, 1.82) is 0 Å². The molecule has 1 aromatic heterocycles. The fourth-order valence-corrected chi connectivity index (χ4v) is 1.54. The molecule has 0 bridgehead atoms. The van der Waals surface area contributed by atoms with Crippen molar-refractivity contribution in [2.75, 3.05) is 20.2 Å². The number of ether oxygens (including phenoxy) is 1. The molecule has 0 amide bonds. The summed E-state index contributed by atoms with van der Waals surface area (Å²) >= 11 is 0. The zero-order valence-electron chi connectivity index (χ0n) is 10.1. The van der Waals surface area contributed by atoms with Crippen molar-refractivity contribution in [3.63, 3.8) is 0 Å². The number of rotatable bonds is 6. The van der Waals surface area contributed by atoms with Crippen LogP contribution in [-0.4, -0.2) is 40.6 Å². The molecule has 0 saturated carbocycles. The first-order chi connectivity index (χ1) is 7.67. The van der Waals surface area contributed by atoms with Gasteiger partial charge in [-0.05, 0) is 13.0 Å². The molecule has 5 heteroatoms. The molecule has 0 radical (unpaired) electrons. The van der Waals surface area contributed by atoms with Crippen LogP contribution in [0.25, 0.3) is 0 Å². The smallest absolute Gasteiger partial charge is 0.319 e. The van der Waals surface area contributed by atoms with Crippen LogP contribution in [0.5, 0.6) is 0 Å². The lowest BCUT2D eigenvalue weighted by Gasteiger charge is -2.20. The van der Waals surface area contributed by atoms with E-state index in [2.05, 4.69) is 21.5 Å². The highest BCUT2D eigenvalue weighted by atomic mass is 16.5. The van der Waals surface area contributed by atoms with Gasteiger partial charge in [-0.25, -0.2) is 4.98 Å². The third-order valence-electron chi connectivity index (χ3n) is 2.42. The molecule has 90 valence electrons. The van der Waals surface area contributed by atoms with E-state index in [1.807, 2.05) is 17.8 Å². The predicted octanol–water partition coefficient (Wildman–Crippen LogP) is 0.805. The Hall–Kier alpha value is -1.36. The second-order valence-electron chi connectivity index (χ2n) is 3.78. The number of hydrogen-bond donors (Lipinski definition) is 0. The van der Waals surface area contributed by atoms with E-state index >= 15 is 0 Å². The number of aryl methyl sites for hydroxylation is 1. The average Bonchev–Trinajstić information content (AvgIpc) is 2.64. The van der Waals surface area contributed by atoms with Gasteiger partial charge in [-0.1, -0.05) is 6.92 Å². The largest absolute Gasteiger partial charge is 0.468 e. The third-order valence-corrected chi connectivity index (χ3v) is 2.42.